The number of halogens is 2. The summed E-state index contributed by atoms with van der Waals surface area (Å²) in [5, 5.41) is 18.3. The molecule has 0 aliphatic heterocycles. The molecule has 2 aromatic heterocycles. The molecule has 12 heteroatoms. The third kappa shape index (κ3) is 5.68. The number of aromatic nitrogens is 3. The Bertz CT molecular complexity index is 1300. The van der Waals surface area contributed by atoms with Crippen molar-refractivity contribution in [2.45, 2.75) is 13.2 Å². The number of rotatable bonds is 8. The molecule has 0 radical (unpaired) electrons. The number of hydrogen-bond donors (Lipinski definition) is 1. The lowest BCUT2D eigenvalue weighted by Crippen LogP contribution is -2.12. The van der Waals surface area contributed by atoms with Gasteiger partial charge in [-0.1, -0.05) is 35.3 Å². The number of anilines is 1. The normalized spacial score (nSPS) is 10.7. The van der Waals surface area contributed by atoms with Crippen molar-refractivity contribution in [2.75, 3.05) is 5.32 Å². The van der Waals surface area contributed by atoms with Crippen LogP contribution in [0.15, 0.2) is 65.3 Å². The molecule has 0 bridgehead atoms. The minimum absolute atomic E-state index is 0.0290. The maximum Gasteiger partial charge on any atom is 0.293 e. The van der Waals surface area contributed by atoms with Crippen LogP contribution in [0.25, 0.3) is 0 Å². The van der Waals surface area contributed by atoms with E-state index in [0.29, 0.717) is 17.3 Å². The highest BCUT2D eigenvalue weighted by molar-refractivity contribution is 6.32. The zero-order valence-corrected chi connectivity index (χ0v) is 18.3. The zero-order valence-electron chi connectivity index (χ0n) is 16.8. The van der Waals surface area contributed by atoms with E-state index in [0.717, 1.165) is 5.56 Å². The second-order valence-corrected chi connectivity index (χ2v) is 7.62. The van der Waals surface area contributed by atoms with E-state index in [9.17, 15) is 14.9 Å². The van der Waals surface area contributed by atoms with Gasteiger partial charge in [-0.3, -0.25) is 20.2 Å². The van der Waals surface area contributed by atoms with Gasteiger partial charge in [-0.05, 0) is 35.9 Å². The van der Waals surface area contributed by atoms with Crippen molar-refractivity contribution in [3.05, 3.63) is 98.2 Å². The number of amides is 1. The fourth-order valence-electron chi connectivity index (χ4n) is 2.81. The van der Waals surface area contributed by atoms with Crippen molar-refractivity contribution in [1.82, 2.24) is 14.8 Å². The SMILES string of the molecule is O=C(Nc1ncn(Cc2ccc(Cl)cc2)n1)c1ccc(COc2ccc([N+](=O)[O-])cc2Cl)o1. The van der Waals surface area contributed by atoms with Crippen LogP contribution in [0.1, 0.15) is 21.9 Å². The summed E-state index contributed by atoms with van der Waals surface area (Å²) in [5.41, 5.74) is 0.833. The predicted octanol–water partition coefficient (Wildman–Crippen LogP) is 4.97. The summed E-state index contributed by atoms with van der Waals surface area (Å²) < 4.78 is 12.6. The number of nitro benzene ring substituents is 1. The second kappa shape index (κ2) is 9.72. The molecule has 0 spiro atoms. The number of carbonyl (C=O) groups excluding carboxylic acids is 1. The van der Waals surface area contributed by atoms with Crippen LogP contribution in [0, 0.1) is 10.1 Å². The number of carbonyl (C=O) groups is 1. The lowest BCUT2D eigenvalue weighted by atomic mass is 10.2. The minimum atomic E-state index is -0.553. The van der Waals surface area contributed by atoms with Crippen LogP contribution in [0.2, 0.25) is 10.0 Å². The van der Waals surface area contributed by atoms with Crippen molar-refractivity contribution in [3.63, 3.8) is 0 Å². The van der Waals surface area contributed by atoms with Crippen LogP contribution in [-0.2, 0) is 13.2 Å². The van der Waals surface area contributed by atoms with E-state index in [1.165, 1.54) is 30.6 Å². The first kappa shape index (κ1) is 22.3. The van der Waals surface area contributed by atoms with Crippen LogP contribution in [-0.4, -0.2) is 25.6 Å². The molecule has 168 valence electrons. The van der Waals surface area contributed by atoms with Gasteiger partial charge in [0.05, 0.1) is 16.5 Å². The van der Waals surface area contributed by atoms with Gasteiger partial charge in [-0.2, -0.15) is 0 Å². The molecule has 1 N–H and O–H groups in total. The molecule has 4 rings (SSSR count). The van der Waals surface area contributed by atoms with Gasteiger partial charge in [0, 0.05) is 17.2 Å². The van der Waals surface area contributed by atoms with E-state index in [4.69, 9.17) is 32.4 Å². The van der Waals surface area contributed by atoms with Crippen molar-refractivity contribution in [1.29, 1.82) is 0 Å². The van der Waals surface area contributed by atoms with Gasteiger partial charge >= 0.3 is 0 Å². The van der Waals surface area contributed by atoms with Gasteiger partial charge in [0.25, 0.3) is 11.6 Å². The Kier molecular flexibility index (Phi) is 6.57. The third-order valence-corrected chi connectivity index (χ3v) is 4.95. The number of ether oxygens (including phenoxy) is 1. The number of nitrogens with one attached hydrogen (secondary N) is 1. The molecule has 0 aliphatic carbocycles. The van der Waals surface area contributed by atoms with Crippen LogP contribution < -0.4 is 10.1 Å². The molecular weight excluding hydrogens is 473 g/mol. The van der Waals surface area contributed by atoms with Crippen molar-refractivity contribution in [2.24, 2.45) is 0 Å². The molecule has 0 unspecified atom stereocenters. The van der Waals surface area contributed by atoms with E-state index in [1.807, 2.05) is 12.1 Å². The average Bonchev–Trinajstić information content (AvgIpc) is 3.44. The summed E-state index contributed by atoms with van der Waals surface area (Å²) in [6.07, 6.45) is 1.50. The highest BCUT2D eigenvalue weighted by Gasteiger charge is 2.15. The standard InChI is InChI=1S/C21H15Cl2N5O5/c22-14-3-1-13(2-4-14)10-27-12-24-21(26-27)25-20(29)19-8-6-16(33-19)11-32-18-7-5-15(28(30)31)9-17(18)23/h1-9,12H,10-11H2,(H,25,26,29). The summed E-state index contributed by atoms with van der Waals surface area (Å²) in [4.78, 5) is 26.7. The number of hydrogen-bond acceptors (Lipinski definition) is 7. The van der Waals surface area contributed by atoms with E-state index in [1.54, 1.807) is 22.9 Å². The maximum atomic E-state index is 12.4. The second-order valence-electron chi connectivity index (χ2n) is 6.77. The molecule has 0 atom stereocenters. The molecule has 0 saturated carbocycles. The maximum absolute atomic E-state index is 12.4. The van der Waals surface area contributed by atoms with Gasteiger partial charge in [0.2, 0.25) is 5.95 Å². The first-order valence-corrected chi connectivity index (χ1v) is 10.2. The molecule has 0 saturated heterocycles. The minimum Gasteiger partial charge on any atom is -0.484 e. The summed E-state index contributed by atoms with van der Waals surface area (Å²) >= 11 is 11.9. The largest absolute Gasteiger partial charge is 0.484 e. The first-order valence-electron chi connectivity index (χ1n) is 9.48. The number of non-ortho nitro benzene ring substituents is 1. The van der Waals surface area contributed by atoms with Gasteiger partial charge in [0.15, 0.2) is 5.76 Å². The summed E-state index contributed by atoms with van der Waals surface area (Å²) in [6, 6.07) is 14.2. The molecule has 1 amide bonds. The Hall–Kier alpha value is -3.89. The van der Waals surface area contributed by atoms with Gasteiger partial charge in [-0.15, -0.1) is 5.10 Å². The Labute approximate surface area is 196 Å². The summed E-state index contributed by atoms with van der Waals surface area (Å²) in [7, 11) is 0. The summed E-state index contributed by atoms with van der Waals surface area (Å²) in [6.45, 7) is 0.437. The van der Waals surface area contributed by atoms with Crippen LogP contribution in [0.5, 0.6) is 5.75 Å². The lowest BCUT2D eigenvalue weighted by molar-refractivity contribution is -0.384. The molecule has 2 aromatic carbocycles. The Morgan fingerprint density at radius 1 is 1.15 bits per heavy atom. The Morgan fingerprint density at radius 2 is 1.94 bits per heavy atom. The van der Waals surface area contributed by atoms with Gasteiger partial charge in [-0.25, -0.2) is 9.67 Å². The molecule has 10 nitrogen and oxygen atoms in total. The molecular formula is C21H15Cl2N5O5. The van der Waals surface area contributed by atoms with Gasteiger partial charge in [0.1, 0.15) is 24.4 Å². The monoisotopic (exact) mass is 487 g/mol. The third-order valence-electron chi connectivity index (χ3n) is 4.40. The number of furan rings is 1. The molecule has 0 fully saturated rings. The zero-order chi connectivity index (χ0) is 23.4. The van der Waals surface area contributed by atoms with E-state index >= 15 is 0 Å². The van der Waals surface area contributed by atoms with Crippen LogP contribution in [0.4, 0.5) is 11.6 Å². The molecule has 33 heavy (non-hydrogen) atoms. The van der Waals surface area contributed by atoms with E-state index in [2.05, 4.69) is 15.4 Å². The number of nitro groups is 1. The average molecular weight is 488 g/mol. The van der Waals surface area contributed by atoms with Crippen LogP contribution >= 0.6 is 23.2 Å². The smallest absolute Gasteiger partial charge is 0.293 e. The topological polar surface area (TPSA) is 125 Å². The molecule has 2 heterocycles. The van der Waals surface area contributed by atoms with Crippen molar-refractivity contribution in [3.8, 4) is 5.75 Å². The number of benzene rings is 2. The fourth-order valence-corrected chi connectivity index (χ4v) is 3.17. The fraction of sp³-hybridized carbons (Fsp3) is 0.0952. The first-order chi connectivity index (χ1) is 15.9. The van der Waals surface area contributed by atoms with Crippen LogP contribution in [0.3, 0.4) is 0 Å². The lowest BCUT2D eigenvalue weighted by Gasteiger charge is -2.06. The quantitative estimate of drug-likeness (QED) is 0.274. The van der Waals surface area contributed by atoms with Crippen molar-refractivity contribution >= 4 is 40.7 Å². The molecule has 4 aromatic rings. The highest BCUT2D eigenvalue weighted by Crippen LogP contribution is 2.29. The molecule has 0 aliphatic rings. The summed E-state index contributed by atoms with van der Waals surface area (Å²) in [5.74, 6) is 0.244. The highest BCUT2D eigenvalue weighted by atomic mass is 35.5. The Morgan fingerprint density at radius 3 is 2.67 bits per heavy atom. The van der Waals surface area contributed by atoms with Gasteiger partial charge < -0.3 is 9.15 Å². The predicted molar refractivity (Wildman–Crippen MR) is 120 cm³/mol. The van der Waals surface area contributed by atoms with Crippen molar-refractivity contribution < 1.29 is 18.9 Å². The Balaban J connectivity index is 1.33. The van der Waals surface area contributed by atoms with E-state index in [-0.39, 0.29) is 34.8 Å². The van der Waals surface area contributed by atoms with E-state index < -0.39 is 10.8 Å². The number of nitrogens with zero attached hydrogens (tertiary/aromatic N) is 4.